The number of aryl methyl sites for hydroxylation is 2. The Hall–Kier alpha value is -1.91. The van der Waals surface area contributed by atoms with Crippen LogP contribution in [0.25, 0.3) is 11.1 Å². The molecule has 2 aromatic carbocycles. The molecule has 2 aromatic rings. The van der Waals surface area contributed by atoms with E-state index in [1.807, 2.05) is 31.2 Å². The molecule has 0 spiro atoms. The van der Waals surface area contributed by atoms with Gasteiger partial charge in [0.05, 0.1) is 0 Å². The first-order valence-electron chi connectivity index (χ1n) is 12.5. The highest BCUT2D eigenvalue weighted by molar-refractivity contribution is 7.96. The molecular formula is C29H41NO2S. The van der Waals surface area contributed by atoms with Crippen LogP contribution in [0, 0.1) is 12.8 Å². The quantitative estimate of drug-likeness (QED) is 0.302. The highest BCUT2D eigenvalue weighted by Crippen LogP contribution is 2.30. The van der Waals surface area contributed by atoms with Gasteiger partial charge in [-0.2, -0.15) is 0 Å². The Balaban J connectivity index is 0.000000405. The van der Waals surface area contributed by atoms with E-state index >= 15 is 0 Å². The van der Waals surface area contributed by atoms with Crippen molar-refractivity contribution in [2.45, 2.75) is 84.6 Å². The Morgan fingerprint density at radius 2 is 1.70 bits per heavy atom. The van der Waals surface area contributed by atoms with Gasteiger partial charge in [-0.15, -0.1) is 12.6 Å². The molecule has 1 aliphatic carbocycles. The molecule has 1 fully saturated rings. The summed E-state index contributed by atoms with van der Waals surface area (Å²) < 4.78 is 0. The Labute approximate surface area is 206 Å². The molecule has 180 valence electrons. The number of nitrogens with one attached hydrogen (secondary N) is 1. The van der Waals surface area contributed by atoms with Crippen molar-refractivity contribution in [1.82, 2.24) is 5.32 Å². The number of carbonyl (C=O) groups is 2. The van der Waals surface area contributed by atoms with E-state index in [1.54, 1.807) is 0 Å². The Morgan fingerprint density at radius 1 is 1.00 bits per heavy atom. The van der Waals surface area contributed by atoms with Crippen molar-refractivity contribution >= 4 is 23.5 Å². The molecule has 0 aliphatic heterocycles. The molecule has 1 atom stereocenters. The molecule has 1 unspecified atom stereocenters. The molecule has 0 heterocycles. The van der Waals surface area contributed by atoms with Crippen molar-refractivity contribution in [3.05, 3.63) is 59.2 Å². The highest BCUT2D eigenvalue weighted by Gasteiger charge is 2.19. The number of ketones is 1. The fraction of sp³-hybridized carbons (Fsp3) is 0.517. The Morgan fingerprint density at radius 3 is 2.24 bits per heavy atom. The van der Waals surface area contributed by atoms with Crippen LogP contribution in [0.2, 0.25) is 0 Å². The van der Waals surface area contributed by atoms with E-state index in [4.69, 9.17) is 0 Å². The number of rotatable bonds is 9. The number of hydrogen-bond donors (Lipinski definition) is 2. The monoisotopic (exact) mass is 467 g/mol. The minimum atomic E-state index is -0.153. The number of carbonyl (C=O) groups excluding carboxylic acids is 2. The van der Waals surface area contributed by atoms with Crippen LogP contribution in [-0.4, -0.2) is 24.0 Å². The highest BCUT2D eigenvalue weighted by atomic mass is 32.1. The first kappa shape index (κ1) is 27.3. The number of benzene rings is 2. The third-order valence-corrected chi connectivity index (χ3v) is 6.94. The van der Waals surface area contributed by atoms with Crippen LogP contribution in [0.3, 0.4) is 0 Å². The molecule has 0 radical (unpaired) electrons. The van der Waals surface area contributed by atoms with E-state index in [2.05, 4.69) is 57.0 Å². The predicted octanol–water partition coefficient (Wildman–Crippen LogP) is 7.21. The van der Waals surface area contributed by atoms with Gasteiger partial charge in [-0.3, -0.25) is 9.59 Å². The molecule has 3 rings (SSSR count). The first-order chi connectivity index (χ1) is 15.9. The molecule has 0 saturated heterocycles. The second-order valence-electron chi connectivity index (χ2n) is 9.17. The van der Waals surface area contributed by atoms with Crippen LogP contribution in [-0.2, 0) is 11.2 Å². The first-order valence-corrected chi connectivity index (χ1v) is 12.9. The van der Waals surface area contributed by atoms with Gasteiger partial charge in [-0.1, -0.05) is 82.0 Å². The molecule has 1 N–H and O–H groups in total. The third-order valence-electron chi connectivity index (χ3n) is 6.76. The minimum absolute atomic E-state index is 0.0491. The average molecular weight is 468 g/mol. The summed E-state index contributed by atoms with van der Waals surface area (Å²) in [6, 6.07) is 15.1. The zero-order chi connectivity index (χ0) is 24.2. The van der Waals surface area contributed by atoms with E-state index < -0.39 is 0 Å². The summed E-state index contributed by atoms with van der Waals surface area (Å²) in [7, 11) is 2.07. The molecule has 3 nitrogen and oxygen atoms in total. The van der Waals surface area contributed by atoms with Crippen molar-refractivity contribution in [3.63, 3.8) is 0 Å². The van der Waals surface area contributed by atoms with Crippen molar-refractivity contribution in [1.29, 1.82) is 0 Å². The van der Waals surface area contributed by atoms with Crippen molar-refractivity contribution in [2.75, 3.05) is 7.05 Å². The lowest BCUT2D eigenvalue weighted by Gasteiger charge is -2.20. The lowest BCUT2D eigenvalue weighted by molar-refractivity contribution is -0.111. The molecular weight excluding hydrogens is 426 g/mol. The SMILES string of the molecule is CCc1ccc(C(=O)CC(CC)CC(=O)S)c(-c2ccccc2C)c1.CNC1CCCCC1. The third kappa shape index (κ3) is 8.75. The fourth-order valence-electron chi connectivity index (χ4n) is 4.52. The van der Waals surface area contributed by atoms with Crippen LogP contribution in [0.1, 0.15) is 86.7 Å². The Bertz CT molecular complexity index is 902. The summed E-state index contributed by atoms with van der Waals surface area (Å²) in [5, 5.41) is 3.15. The summed E-state index contributed by atoms with van der Waals surface area (Å²) >= 11 is 3.87. The van der Waals surface area contributed by atoms with E-state index in [1.165, 1.54) is 37.7 Å². The average Bonchev–Trinajstić information content (AvgIpc) is 2.84. The van der Waals surface area contributed by atoms with Gasteiger partial charge >= 0.3 is 0 Å². The maximum Gasteiger partial charge on any atom is 0.186 e. The summed E-state index contributed by atoms with van der Waals surface area (Å²) in [5.74, 6) is 0.149. The van der Waals surface area contributed by atoms with Crippen LogP contribution in [0.5, 0.6) is 0 Å². The van der Waals surface area contributed by atoms with Gasteiger partial charge in [0.25, 0.3) is 0 Å². The second-order valence-corrected chi connectivity index (χ2v) is 9.67. The normalized spacial score (nSPS) is 14.8. The van der Waals surface area contributed by atoms with Crippen LogP contribution < -0.4 is 5.32 Å². The maximum atomic E-state index is 13.0. The van der Waals surface area contributed by atoms with Gasteiger partial charge in [0, 0.05) is 24.4 Å². The largest absolute Gasteiger partial charge is 0.317 e. The molecule has 33 heavy (non-hydrogen) atoms. The standard InChI is InChI=1S/C22H26O2S.C7H15N/c1-4-16-10-11-19(21(23)13-17(5-2)14-22(24)25)20(12-16)18-9-7-6-8-15(18)3;1-8-7-5-3-2-4-6-7/h6-12,17H,4-5,13-14H2,1-3H3,(H,24,25);7-8H,2-6H2,1H3. The van der Waals surface area contributed by atoms with Gasteiger partial charge in [0.15, 0.2) is 10.9 Å². The number of Topliss-reactive ketones (excluding diaryl/α,β-unsaturated/α-hetero) is 1. The molecule has 0 amide bonds. The van der Waals surface area contributed by atoms with Gasteiger partial charge in [-0.25, -0.2) is 0 Å². The van der Waals surface area contributed by atoms with E-state index in [0.29, 0.717) is 12.8 Å². The maximum absolute atomic E-state index is 13.0. The van der Waals surface area contributed by atoms with Gasteiger partial charge in [0.2, 0.25) is 0 Å². The lowest BCUT2D eigenvalue weighted by Crippen LogP contribution is -2.26. The second kappa shape index (κ2) is 14.4. The smallest absolute Gasteiger partial charge is 0.186 e. The van der Waals surface area contributed by atoms with Crippen LogP contribution in [0.15, 0.2) is 42.5 Å². The summed E-state index contributed by atoms with van der Waals surface area (Å²) in [6.07, 6.45) is 9.58. The fourth-order valence-corrected chi connectivity index (χ4v) is 4.78. The lowest BCUT2D eigenvalue weighted by atomic mass is 9.87. The Kier molecular flexibility index (Phi) is 11.9. The molecule has 1 saturated carbocycles. The van der Waals surface area contributed by atoms with Crippen LogP contribution >= 0.6 is 12.6 Å². The summed E-state index contributed by atoms with van der Waals surface area (Å²) in [6.45, 7) is 6.19. The van der Waals surface area contributed by atoms with Gasteiger partial charge < -0.3 is 5.32 Å². The topological polar surface area (TPSA) is 46.2 Å². The molecule has 4 heteroatoms. The molecule has 0 bridgehead atoms. The van der Waals surface area contributed by atoms with Crippen molar-refractivity contribution in [3.8, 4) is 11.1 Å². The molecule has 1 aliphatic rings. The minimum Gasteiger partial charge on any atom is -0.317 e. The predicted molar refractivity (Wildman–Crippen MR) is 143 cm³/mol. The van der Waals surface area contributed by atoms with Crippen molar-refractivity contribution < 1.29 is 9.59 Å². The zero-order valence-corrected chi connectivity index (χ0v) is 21.7. The number of hydrogen-bond acceptors (Lipinski definition) is 3. The van der Waals surface area contributed by atoms with E-state index in [0.717, 1.165) is 41.1 Å². The number of thiol groups is 1. The van der Waals surface area contributed by atoms with E-state index in [9.17, 15) is 9.59 Å². The van der Waals surface area contributed by atoms with E-state index in [-0.39, 0.29) is 16.8 Å². The molecule has 0 aromatic heterocycles. The zero-order valence-electron chi connectivity index (χ0n) is 20.8. The van der Waals surface area contributed by atoms with Crippen LogP contribution in [0.4, 0.5) is 0 Å². The summed E-state index contributed by atoms with van der Waals surface area (Å²) in [4.78, 5) is 24.3. The van der Waals surface area contributed by atoms with Gasteiger partial charge in [0.1, 0.15) is 0 Å². The summed E-state index contributed by atoms with van der Waals surface area (Å²) in [5.41, 5.74) is 5.21. The van der Waals surface area contributed by atoms with Gasteiger partial charge in [-0.05, 0) is 61.4 Å². The van der Waals surface area contributed by atoms with Crippen molar-refractivity contribution in [2.24, 2.45) is 5.92 Å².